The highest BCUT2D eigenvalue weighted by atomic mass is 16.5. The molecule has 0 spiro atoms. The first kappa shape index (κ1) is 17.4. The van der Waals surface area contributed by atoms with Crippen molar-refractivity contribution in [2.45, 2.75) is 38.9 Å². The maximum atomic E-state index is 6.15. The first-order chi connectivity index (χ1) is 12.8. The van der Waals surface area contributed by atoms with E-state index in [2.05, 4.69) is 26.1 Å². The fraction of sp³-hybridized carbons (Fsp3) is 0.550. The van der Waals surface area contributed by atoms with Gasteiger partial charge in [0.15, 0.2) is 5.82 Å². The second-order valence-corrected chi connectivity index (χ2v) is 7.42. The van der Waals surface area contributed by atoms with Crippen LogP contribution in [0.15, 0.2) is 36.7 Å². The van der Waals surface area contributed by atoms with E-state index in [0.717, 1.165) is 56.0 Å². The molecule has 2 saturated heterocycles. The SMILES string of the molecule is Cc1ccc(N2CCC3OCCCC3(COCc3ccncc3)C2)nn1. The molecule has 2 fully saturated rings. The lowest BCUT2D eigenvalue weighted by Crippen LogP contribution is -2.57. The minimum Gasteiger partial charge on any atom is -0.377 e. The Labute approximate surface area is 154 Å². The van der Waals surface area contributed by atoms with Gasteiger partial charge in [0.1, 0.15) is 0 Å². The van der Waals surface area contributed by atoms with Gasteiger partial charge in [-0.15, -0.1) is 5.10 Å². The summed E-state index contributed by atoms with van der Waals surface area (Å²) in [5.74, 6) is 0.952. The average Bonchev–Trinajstić information content (AvgIpc) is 2.69. The molecule has 2 aliphatic rings. The van der Waals surface area contributed by atoms with Crippen LogP contribution in [0.2, 0.25) is 0 Å². The summed E-state index contributed by atoms with van der Waals surface area (Å²) in [5.41, 5.74) is 2.12. The van der Waals surface area contributed by atoms with E-state index < -0.39 is 0 Å². The number of ether oxygens (including phenoxy) is 2. The highest BCUT2D eigenvalue weighted by molar-refractivity contribution is 5.39. The van der Waals surface area contributed by atoms with Crippen LogP contribution in [0.1, 0.15) is 30.5 Å². The van der Waals surface area contributed by atoms with Crippen LogP contribution in [-0.2, 0) is 16.1 Å². The molecule has 0 N–H and O–H groups in total. The van der Waals surface area contributed by atoms with Gasteiger partial charge in [-0.1, -0.05) is 0 Å². The third-order valence-electron chi connectivity index (χ3n) is 5.50. The van der Waals surface area contributed by atoms with Gasteiger partial charge in [-0.05, 0) is 56.0 Å². The number of anilines is 1. The van der Waals surface area contributed by atoms with Gasteiger partial charge in [-0.3, -0.25) is 4.98 Å². The molecule has 138 valence electrons. The first-order valence-corrected chi connectivity index (χ1v) is 9.39. The van der Waals surface area contributed by atoms with Crippen molar-refractivity contribution in [1.29, 1.82) is 0 Å². The minimum absolute atomic E-state index is 0.0239. The lowest BCUT2D eigenvalue weighted by atomic mass is 9.73. The largest absolute Gasteiger partial charge is 0.377 e. The Bertz CT molecular complexity index is 710. The Balaban J connectivity index is 1.46. The van der Waals surface area contributed by atoms with Crippen molar-refractivity contribution in [2.75, 3.05) is 31.2 Å². The molecule has 0 bridgehead atoms. The summed E-state index contributed by atoms with van der Waals surface area (Å²) in [7, 11) is 0. The zero-order chi connectivity index (χ0) is 17.8. The summed E-state index contributed by atoms with van der Waals surface area (Å²) in [6.45, 7) is 6.00. The van der Waals surface area contributed by atoms with Gasteiger partial charge in [-0.2, -0.15) is 5.10 Å². The molecule has 2 atom stereocenters. The quantitative estimate of drug-likeness (QED) is 0.823. The highest BCUT2D eigenvalue weighted by Crippen LogP contribution is 2.41. The zero-order valence-electron chi connectivity index (χ0n) is 15.3. The standard InChI is InChI=1S/C20H26N4O2/c1-16-3-4-19(23-22-16)24-11-7-18-20(14-24,8-2-12-26-18)15-25-13-17-5-9-21-10-6-17/h3-6,9-10,18H,2,7-8,11-15H2,1H3. The number of hydrogen-bond acceptors (Lipinski definition) is 6. The number of aryl methyl sites for hydroxylation is 1. The van der Waals surface area contributed by atoms with E-state index >= 15 is 0 Å². The van der Waals surface area contributed by atoms with Crippen LogP contribution in [0.5, 0.6) is 0 Å². The Hall–Kier alpha value is -2.05. The first-order valence-electron chi connectivity index (χ1n) is 9.39. The molecule has 4 rings (SSSR count). The number of pyridine rings is 1. The van der Waals surface area contributed by atoms with Crippen LogP contribution in [0.3, 0.4) is 0 Å². The molecule has 6 nitrogen and oxygen atoms in total. The summed E-state index contributed by atoms with van der Waals surface area (Å²) < 4.78 is 12.3. The van der Waals surface area contributed by atoms with E-state index in [4.69, 9.17) is 9.47 Å². The molecule has 6 heteroatoms. The van der Waals surface area contributed by atoms with Gasteiger partial charge >= 0.3 is 0 Å². The van der Waals surface area contributed by atoms with Crippen molar-refractivity contribution < 1.29 is 9.47 Å². The number of fused-ring (bicyclic) bond motifs is 1. The van der Waals surface area contributed by atoms with E-state index in [1.807, 2.05) is 37.5 Å². The molecule has 2 unspecified atom stereocenters. The molecule has 4 heterocycles. The average molecular weight is 354 g/mol. The Morgan fingerprint density at radius 1 is 1.23 bits per heavy atom. The fourth-order valence-electron chi connectivity index (χ4n) is 4.11. The Morgan fingerprint density at radius 3 is 2.92 bits per heavy atom. The number of nitrogens with zero attached hydrogens (tertiary/aromatic N) is 4. The monoisotopic (exact) mass is 354 g/mol. The fourth-order valence-corrected chi connectivity index (χ4v) is 4.11. The van der Waals surface area contributed by atoms with E-state index in [-0.39, 0.29) is 11.5 Å². The van der Waals surface area contributed by atoms with Crippen molar-refractivity contribution in [3.63, 3.8) is 0 Å². The van der Waals surface area contributed by atoms with Crippen LogP contribution < -0.4 is 4.90 Å². The Kier molecular flexibility index (Phi) is 5.13. The van der Waals surface area contributed by atoms with E-state index in [1.54, 1.807) is 0 Å². The van der Waals surface area contributed by atoms with Gasteiger partial charge < -0.3 is 14.4 Å². The van der Waals surface area contributed by atoms with Gasteiger partial charge in [0.2, 0.25) is 0 Å². The minimum atomic E-state index is 0.0239. The number of hydrogen-bond donors (Lipinski definition) is 0. The molecule has 0 radical (unpaired) electrons. The molecular formula is C20H26N4O2. The lowest BCUT2D eigenvalue weighted by molar-refractivity contribution is -0.127. The molecule has 2 aromatic rings. The third-order valence-corrected chi connectivity index (χ3v) is 5.50. The zero-order valence-corrected chi connectivity index (χ0v) is 15.3. The summed E-state index contributed by atoms with van der Waals surface area (Å²) in [5, 5.41) is 8.61. The second-order valence-electron chi connectivity index (χ2n) is 7.42. The van der Waals surface area contributed by atoms with Crippen LogP contribution in [0, 0.1) is 12.3 Å². The summed E-state index contributed by atoms with van der Waals surface area (Å²) >= 11 is 0. The van der Waals surface area contributed by atoms with Gasteiger partial charge in [-0.25, -0.2) is 0 Å². The molecule has 26 heavy (non-hydrogen) atoms. The molecule has 0 amide bonds. The lowest BCUT2D eigenvalue weighted by Gasteiger charge is -2.50. The van der Waals surface area contributed by atoms with Gasteiger partial charge in [0.05, 0.1) is 25.0 Å². The van der Waals surface area contributed by atoms with Gasteiger partial charge in [0, 0.05) is 37.5 Å². The normalized spacial score (nSPS) is 25.7. The highest BCUT2D eigenvalue weighted by Gasteiger charge is 2.46. The van der Waals surface area contributed by atoms with Crippen LogP contribution in [-0.4, -0.2) is 47.6 Å². The molecule has 2 aromatic heterocycles. The predicted molar refractivity (Wildman–Crippen MR) is 98.9 cm³/mol. The van der Waals surface area contributed by atoms with Crippen molar-refractivity contribution >= 4 is 5.82 Å². The summed E-state index contributed by atoms with van der Waals surface area (Å²) in [6.07, 6.45) is 7.10. The molecule has 0 aliphatic carbocycles. The Morgan fingerprint density at radius 2 is 2.12 bits per heavy atom. The summed E-state index contributed by atoms with van der Waals surface area (Å²) in [6, 6.07) is 8.10. The molecular weight excluding hydrogens is 328 g/mol. The van der Waals surface area contributed by atoms with Crippen LogP contribution in [0.25, 0.3) is 0 Å². The summed E-state index contributed by atoms with van der Waals surface area (Å²) in [4.78, 5) is 6.40. The van der Waals surface area contributed by atoms with Crippen molar-refractivity contribution in [3.8, 4) is 0 Å². The second kappa shape index (κ2) is 7.68. The van der Waals surface area contributed by atoms with E-state index in [9.17, 15) is 0 Å². The van der Waals surface area contributed by atoms with Crippen LogP contribution in [0.4, 0.5) is 5.82 Å². The van der Waals surface area contributed by atoms with E-state index in [0.29, 0.717) is 13.2 Å². The smallest absolute Gasteiger partial charge is 0.151 e. The maximum Gasteiger partial charge on any atom is 0.151 e. The van der Waals surface area contributed by atoms with Crippen molar-refractivity contribution in [2.24, 2.45) is 5.41 Å². The number of aromatic nitrogens is 3. The van der Waals surface area contributed by atoms with E-state index in [1.165, 1.54) is 0 Å². The number of rotatable bonds is 5. The van der Waals surface area contributed by atoms with Gasteiger partial charge in [0.25, 0.3) is 0 Å². The maximum absolute atomic E-state index is 6.15. The topological polar surface area (TPSA) is 60.4 Å². The third kappa shape index (κ3) is 3.71. The predicted octanol–water partition coefficient (Wildman–Crippen LogP) is 2.77. The number of piperidine rings is 1. The van der Waals surface area contributed by atoms with Crippen molar-refractivity contribution in [1.82, 2.24) is 15.2 Å². The molecule has 2 aliphatic heterocycles. The molecule has 0 aromatic carbocycles. The van der Waals surface area contributed by atoms with Crippen LogP contribution >= 0.6 is 0 Å². The molecule has 0 saturated carbocycles. The van der Waals surface area contributed by atoms with Crippen molar-refractivity contribution in [3.05, 3.63) is 47.9 Å².